The lowest BCUT2D eigenvalue weighted by molar-refractivity contribution is 0.176. The monoisotopic (exact) mass is 390 g/mol. The van der Waals surface area contributed by atoms with Crippen LogP contribution in [-0.2, 0) is 6.54 Å². The molecule has 0 bridgehead atoms. The molecule has 4 aromatic rings. The van der Waals surface area contributed by atoms with Gasteiger partial charge in [0.25, 0.3) is 0 Å². The van der Waals surface area contributed by atoms with E-state index in [4.69, 9.17) is 0 Å². The fourth-order valence-electron chi connectivity index (χ4n) is 4.59. The molecule has 5 rings (SSSR count). The molecule has 1 N–H and O–H groups in total. The zero-order valence-corrected chi connectivity index (χ0v) is 16.9. The number of nitrogens with zero attached hydrogens (tertiary/aromatic N) is 1. The Kier molecular flexibility index (Phi) is 5.43. The molecule has 2 nitrogen and oxygen atoms in total. The number of nitrogens with one attached hydrogen (secondary N) is 1. The molecule has 1 saturated heterocycles. The van der Waals surface area contributed by atoms with Crippen LogP contribution in [0.25, 0.3) is 0 Å². The highest BCUT2D eigenvalue weighted by molar-refractivity contribution is 5.33. The summed E-state index contributed by atoms with van der Waals surface area (Å²) < 4.78 is 0. The van der Waals surface area contributed by atoms with Crippen molar-refractivity contribution in [3.05, 3.63) is 144 Å². The summed E-state index contributed by atoms with van der Waals surface area (Å²) in [5.74, 6) is 0. The van der Waals surface area contributed by atoms with Gasteiger partial charge in [-0.15, -0.1) is 0 Å². The number of rotatable bonds is 5. The van der Waals surface area contributed by atoms with Crippen molar-refractivity contribution in [2.75, 3.05) is 0 Å². The molecule has 0 radical (unpaired) electrons. The fraction of sp³-hybridized carbons (Fsp3) is 0.143. The molecule has 0 saturated carbocycles. The summed E-state index contributed by atoms with van der Waals surface area (Å²) in [7, 11) is 0. The van der Waals surface area contributed by atoms with Crippen molar-refractivity contribution in [1.82, 2.24) is 10.2 Å². The van der Waals surface area contributed by atoms with E-state index in [1.54, 1.807) is 0 Å². The Morgan fingerprint density at radius 1 is 0.533 bits per heavy atom. The van der Waals surface area contributed by atoms with Gasteiger partial charge in [0.15, 0.2) is 0 Å². The van der Waals surface area contributed by atoms with E-state index in [1.165, 1.54) is 22.3 Å². The molecule has 1 aliphatic rings. The minimum absolute atomic E-state index is 0.141. The lowest BCUT2D eigenvalue weighted by Gasteiger charge is -2.31. The van der Waals surface area contributed by atoms with E-state index in [0.29, 0.717) is 0 Å². The second kappa shape index (κ2) is 8.66. The zero-order valence-electron chi connectivity index (χ0n) is 16.9. The van der Waals surface area contributed by atoms with E-state index in [-0.39, 0.29) is 18.2 Å². The molecule has 2 heteroatoms. The van der Waals surface area contributed by atoms with Gasteiger partial charge >= 0.3 is 0 Å². The molecule has 3 atom stereocenters. The van der Waals surface area contributed by atoms with Crippen LogP contribution in [0.15, 0.2) is 121 Å². The summed E-state index contributed by atoms with van der Waals surface area (Å²) in [6.07, 6.45) is 0.141. The van der Waals surface area contributed by atoms with Crippen LogP contribution >= 0.6 is 0 Å². The first-order chi connectivity index (χ1) is 14.9. The van der Waals surface area contributed by atoms with Gasteiger partial charge in [-0.1, -0.05) is 121 Å². The lowest BCUT2D eigenvalue weighted by atomic mass is 9.93. The Labute approximate surface area is 178 Å². The van der Waals surface area contributed by atoms with Crippen LogP contribution in [0.5, 0.6) is 0 Å². The maximum Gasteiger partial charge on any atom is 0.0874 e. The molecule has 1 aliphatic heterocycles. The van der Waals surface area contributed by atoms with E-state index in [0.717, 1.165) is 6.54 Å². The Morgan fingerprint density at radius 2 is 1.00 bits per heavy atom. The zero-order chi connectivity index (χ0) is 20.2. The summed E-state index contributed by atoms with van der Waals surface area (Å²) in [6.45, 7) is 0.885. The van der Waals surface area contributed by atoms with Crippen LogP contribution in [-0.4, -0.2) is 4.90 Å². The van der Waals surface area contributed by atoms with Crippen LogP contribution in [0.3, 0.4) is 0 Å². The van der Waals surface area contributed by atoms with Crippen molar-refractivity contribution in [3.8, 4) is 0 Å². The van der Waals surface area contributed by atoms with Crippen molar-refractivity contribution in [2.24, 2.45) is 0 Å². The van der Waals surface area contributed by atoms with Crippen molar-refractivity contribution >= 4 is 0 Å². The summed E-state index contributed by atoms with van der Waals surface area (Å²) in [5.41, 5.74) is 5.29. The van der Waals surface area contributed by atoms with Crippen LogP contribution in [0.2, 0.25) is 0 Å². The molecule has 0 aromatic heterocycles. The van der Waals surface area contributed by atoms with Gasteiger partial charge in [-0.2, -0.15) is 0 Å². The predicted octanol–water partition coefficient (Wildman–Crippen LogP) is 6.27. The number of hydrogen-bond acceptors (Lipinski definition) is 2. The van der Waals surface area contributed by atoms with Crippen LogP contribution in [0.1, 0.15) is 40.5 Å². The Balaban J connectivity index is 1.62. The average molecular weight is 391 g/mol. The minimum atomic E-state index is 0.141. The van der Waals surface area contributed by atoms with Gasteiger partial charge < -0.3 is 0 Å². The molecule has 1 fully saturated rings. The first-order valence-corrected chi connectivity index (χ1v) is 10.6. The first kappa shape index (κ1) is 18.8. The van der Waals surface area contributed by atoms with Crippen molar-refractivity contribution in [3.63, 3.8) is 0 Å². The maximum atomic E-state index is 3.97. The second-order valence-corrected chi connectivity index (χ2v) is 7.88. The van der Waals surface area contributed by atoms with Crippen molar-refractivity contribution in [1.29, 1.82) is 0 Å². The van der Waals surface area contributed by atoms with Crippen LogP contribution < -0.4 is 5.32 Å². The van der Waals surface area contributed by atoms with Gasteiger partial charge in [-0.25, -0.2) is 0 Å². The Hall–Kier alpha value is -3.20. The maximum absolute atomic E-state index is 3.97. The molecule has 4 aromatic carbocycles. The smallest absolute Gasteiger partial charge is 0.0874 e. The molecule has 148 valence electrons. The predicted molar refractivity (Wildman–Crippen MR) is 123 cm³/mol. The summed E-state index contributed by atoms with van der Waals surface area (Å²) in [6, 6.07) is 43.8. The van der Waals surface area contributed by atoms with Crippen molar-refractivity contribution < 1.29 is 0 Å². The van der Waals surface area contributed by atoms with Gasteiger partial charge in [0.1, 0.15) is 0 Å². The number of hydrogen-bond donors (Lipinski definition) is 1. The molecule has 0 aliphatic carbocycles. The van der Waals surface area contributed by atoms with Gasteiger partial charge in [0.2, 0.25) is 0 Å². The van der Waals surface area contributed by atoms with Crippen molar-refractivity contribution in [2.45, 2.75) is 24.8 Å². The molecular weight excluding hydrogens is 364 g/mol. The standard InChI is InChI=1S/C28H26N2/c1-5-13-22(14-6-1)21-30-27(24-17-9-3-10-18-24)26(23-15-7-2-8-16-23)29-28(30)25-19-11-4-12-20-25/h1-20,26-29H,21H2. The first-order valence-electron chi connectivity index (χ1n) is 10.6. The highest BCUT2D eigenvalue weighted by atomic mass is 15.4. The van der Waals surface area contributed by atoms with Gasteiger partial charge in [0.05, 0.1) is 18.2 Å². The van der Waals surface area contributed by atoms with Gasteiger partial charge in [-0.05, 0) is 22.3 Å². The van der Waals surface area contributed by atoms with E-state index in [1.807, 2.05) is 0 Å². The fourth-order valence-corrected chi connectivity index (χ4v) is 4.59. The highest BCUT2D eigenvalue weighted by Gasteiger charge is 2.42. The van der Waals surface area contributed by atoms with Crippen LogP contribution in [0, 0.1) is 0 Å². The highest BCUT2D eigenvalue weighted by Crippen LogP contribution is 2.46. The topological polar surface area (TPSA) is 15.3 Å². The minimum Gasteiger partial charge on any atom is -0.289 e. The summed E-state index contributed by atoms with van der Waals surface area (Å²) >= 11 is 0. The van der Waals surface area contributed by atoms with E-state index < -0.39 is 0 Å². The molecule has 1 heterocycles. The molecule has 3 unspecified atom stereocenters. The van der Waals surface area contributed by atoms with Crippen LogP contribution in [0.4, 0.5) is 0 Å². The van der Waals surface area contributed by atoms with Gasteiger partial charge in [0, 0.05) is 6.54 Å². The Bertz CT molecular complexity index is 1050. The van der Waals surface area contributed by atoms with Gasteiger partial charge in [-0.3, -0.25) is 10.2 Å². The molecule has 0 spiro atoms. The normalized spacial score (nSPS) is 21.5. The van der Waals surface area contributed by atoms with E-state index in [2.05, 4.69) is 132 Å². The average Bonchev–Trinajstić information content (AvgIpc) is 3.20. The van der Waals surface area contributed by atoms with E-state index >= 15 is 0 Å². The Morgan fingerprint density at radius 3 is 1.57 bits per heavy atom. The third kappa shape index (κ3) is 3.80. The number of benzene rings is 4. The second-order valence-electron chi connectivity index (χ2n) is 7.88. The molecule has 30 heavy (non-hydrogen) atoms. The largest absolute Gasteiger partial charge is 0.289 e. The summed E-state index contributed by atoms with van der Waals surface area (Å²) in [5, 5.41) is 3.97. The third-order valence-electron chi connectivity index (χ3n) is 5.97. The third-order valence-corrected chi connectivity index (χ3v) is 5.97. The molecule has 0 amide bonds. The molecular formula is C28H26N2. The quantitative estimate of drug-likeness (QED) is 0.432. The lowest BCUT2D eigenvalue weighted by Crippen LogP contribution is -2.28. The van der Waals surface area contributed by atoms with E-state index in [9.17, 15) is 0 Å². The SMILES string of the molecule is c1ccc(CN2C(c3ccccc3)NC(c3ccccc3)C2c2ccccc2)cc1. The summed E-state index contributed by atoms with van der Waals surface area (Å²) in [4.78, 5) is 2.61.